The van der Waals surface area contributed by atoms with E-state index in [-0.39, 0.29) is 40.3 Å². The van der Waals surface area contributed by atoms with Gasteiger partial charge in [0.25, 0.3) is 11.8 Å². The van der Waals surface area contributed by atoms with Gasteiger partial charge >= 0.3 is 31.5 Å². The number of halogens is 7. The van der Waals surface area contributed by atoms with Crippen LogP contribution >= 0.6 is 0 Å². The molecule has 306 valence electrons. The molecule has 0 aliphatic carbocycles. The van der Waals surface area contributed by atoms with Crippen molar-refractivity contribution in [1.29, 1.82) is 10.5 Å². The number of alkyl halides is 7. The molecule has 4 heterocycles. The van der Waals surface area contributed by atoms with Crippen LogP contribution in [0.3, 0.4) is 0 Å². The molecular formula is C33H37F7N8O8. The maximum atomic E-state index is 12.5. The quantitative estimate of drug-likeness (QED) is 0.272. The Morgan fingerprint density at radius 2 is 1.21 bits per heavy atom. The highest BCUT2D eigenvalue weighted by Crippen LogP contribution is 2.22. The van der Waals surface area contributed by atoms with Crippen LogP contribution in [-0.4, -0.2) is 107 Å². The highest BCUT2D eigenvalue weighted by atomic mass is 19.4. The van der Waals surface area contributed by atoms with Gasteiger partial charge in [-0.25, -0.2) is 19.6 Å². The van der Waals surface area contributed by atoms with Crippen LogP contribution in [0.25, 0.3) is 0 Å². The molecule has 3 amide bonds. The molecule has 0 bridgehead atoms. The predicted molar refractivity (Wildman–Crippen MR) is 177 cm³/mol. The monoisotopic (exact) mass is 806 g/mol. The summed E-state index contributed by atoms with van der Waals surface area (Å²) in [6, 6.07) is 5.25. The number of aromatic nitrogens is 2. The number of pyridine rings is 2. The predicted octanol–water partition coefficient (Wildman–Crippen LogP) is 4.35. The average molecular weight is 807 g/mol. The van der Waals surface area contributed by atoms with E-state index in [1.165, 1.54) is 0 Å². The summed E-state index contributed by atoms with van der Waals surface area (Å²) in [6.07, 6.45) is -0.805. The first-order valence-corrected chi connectivity index (χ1v) is 16.4. The second-order valence-corrected chi connectivity index (χ2v) is 12.6. The lowest BCUT2D eigenvalue weighted by Gasteiger charge is -2.33. The Morgan fingerprint density at radius 1 is 0.821 bits per heavy atom. The molecular weight excluding hydrogens is 769 g/mol. The van der Waals surface area contributed by atoms with E-state index in [0.717, 1.165) is 50.5 Å². The van der Waals surface area contributed by atoms with Crippen LogP contribution in [0.2, 0.25) is 0 Å². The third kappa shape index (κ3) is 16.2. The molecule has 4 N–H and O–H groups in total. The number of aliphatic carboxylic acids is 1. The van der Waals surface area contributed by atoms with Gasteiger partial charge in [-0.15, -0.1) is 0 Å². The number of amides is 3. The molecule has 2 aliphatic heterocycles. The van der Waals surface area contributed by atoms with Gasteiger partial charge in [-0.2, -0.15) is 41.3 Å². The second-order valence-electron chi connectivity index (χ2n) is 12.6. The van der Waals surface area contributed by atoms with Gasteiger partial charge in [0.15, 0.2) is 0 Å². The number of nitrogens with one attached hydrogen (secondary N) is 3. The van der Waals surface area contributed by atoms with Gasteiger partial charge in [0, 0.05) is 49.7 Å². The van der Waals surface area contributed by atoms with Crippen LogP contribution in [0.1, 0.15) is 78.6 Å². The molecule has 2 aromatic heterocycles. The van der Waals surface area contributed by atoms with E-state index in [1.54, 1.807) is 37.8 Å². The number of rotatable bonds is 8. The fourth-order valence-electron chi connectivity index (χ4n) is 4.69. The minimum absolute atomic E-state index is 0.0238. The lowest BCUT2D eigenvalue weighted by atomic mass is 10.1. The zero-order valence-corrected chi connectivity index (χ0v) is 30.0. The van der Waals surface area contributed by atoms with Gasteiger partial charge in [-0.3, -0.25) is 9.59 Å². The first-order valence-electron chi connectivity index (χ1n) is 16.4. The molecule has 0 unspecified atom stereocenters. The molecule has 2 aromatic rings. The van der Waals surface area contributed by atoms with E-state index in [1.807, 2.05) is 0 Å². The van der Waals surface area contributed by atoms with Crippen molar-refractivity contribution in [2.75, 3.05) is 26.2 Å². The Balaban J connectivity index is 0.000000339. The summed E-state index contributed by atoms with van der Waals surface area (Å²) in [4.78, 5) is 54.5. The molecule has 0 aromatic carbocycles. The number of carbonyl (C=O) groups is 4. The Morgan fingerprint density at radius 3 is 1.55 bits per heavy atom. The van der Waals surface area contributed by atoms with E-state index >= 15 is 0 Å². The minimum atomic E-state index is -5.08. The van der Waals surface area contributed by atoms with Crippen molar-refractivity contribution in [3.63, 3.8) is 0 Å². The summed E-state index contributed by atoms with van der Waals surface area (Å²) in [6.45, 7) is 1.62. The highest BCUT2D eigenvalue weighted by Gasteiger charge is 2.38. The molecule has 2 saturated heterocycles. The normalized spacial score (nSPS) is 14.8. The number of carbonyl (C=O) groups excluding carboxylic acids is 3. The summed E-state index contributed by atoms with van der Waals surface area (Å²) in [5, 5.41) is 33.5. The number of nitrogens with zero attached hydrogens (tertiary/aromatic N) is 5. The van der Waals surface area contributed by atoms with Crippen molar-refractivity contribution in [2.45, 2.75) is 83.5 Å². The van der Waals surface area contributed by atoms with Gasteiger partial charge in [0.2, 0.25) is 0 Å². The fourth-order valence-corrected chi connectivity index (χ4v) is 4.69. The van der Waals surface area contributed by atoms with Crippen molar-refractivity contribution in [3.05, 3.63) is 47.0 Å². The second kappa shape index (κ2) is 21.2. The summed E-state index contributed by atoms with van der Waals surface area (Å²) >= 11 is 0. The fraction of sp³-hybridized carbons (Fsp3) is 0.515. The molecule has 0 atom stereocenters. The van der Waals surface area contributed by atoms with E-state index in [2.05, 4.69) is 35.4 Å². The molecule has 0 saturated carbocycles. The third-order valence-electron chi connectivity index (χ3n) is 7.27. The van der Waals surface area contributed by atoms with E-state index in [4.69, 9.17) is 25.2 Å². The molecule has 0 spiro atoms. The highest BCUT2D eigenvalue weighted by molar-refractivity contribution is 5.93. The van der Waals surface area contributed by atoms with Gasteiger partial charge < -0.3 is 40.2 Å². The topological polar surface area (TPSA) is 229 Å². The summed E-state index contributed by atoms with van der Waals surface area (Å²) in [7, 11) is 0. The summed E-state index contributed by atoms with van der Waals surface area (Å²) in [5.74, 6) is -4.55. The number of hydrogen-bond acceptors (Lipinski definition) is 12. The van der Waals surface area contributed by atoms with Crippen LogP contribution in [-0.2, 0) is 9.53 Å². The number of carboxylic acid groups (broad SMARTS) is 1. The van der Waals surface area contributed by atoms with Crippen molar-refractivity contribution >= 4 is 23.9 Å². The number of piperidine rings is 2. The minimum Gasteiger partial charge on any atom is -0.475 e. The van der Waals surface area contributed by atoms with Crippen LogP contribution in [0.4, 0.5) is 35.5 Å². The molecule has 2 aliphatic rings. The molecule has 56 heavy (non-hydrogen) atoms. The average Bonchev–Trinajstić information content (AvgIpc) is 3.11. The van der Waals surface area contributed by atoms with Crippen molar-refractivity contribution < 1.29 is 69.2 Å². The number of nitriles is 2. The van der Waals surface area contributed by atoms with Gasteiger partial charge in [-0.1, -0.05) is 0 Å². The van der Waals surface area contributed by atoms with E-state index in [9.17, 15) is 45.1 Å². The van der Waals surface area contributed by atoms with Gasteiger partial charge in [0.1, 0.15) is 51.8 Å². The Hall–Kier alpha value is -5.97. The van der Waals surface area contributed by atoms with Crippen LogP contribution in [0.15, 0.2) is 24.5 Å². The lowest BCUT2D eigenvalue weighted by molar-refractivity contribution is -0.192. The first kappa shape index (κ1) is 46.2. The number of likely N-dealkylation sites (tertiary alicyclic amines) is 1. The smallest absolute Gasteiger partial charge is 0.475 e. The Kier molecular flexibility index (Phi) is 17.5. The Labute approximate surface area is 314 Å². The van der Waals surface area contributed by atoms with Crippen LogP contribution in [0, 0.1) is 22.7 Å². The van der Waals surface area contributed by atoms with Crippen molar-refractivity contribution in [2.24, 2.45) is 0 Å². The first-order chi connectivity index (χ1) is 26.1. The van der Waals surface area contributed by atoms with E-state index < -0.39 is 54.6 Å². The molecule has 16 nitrogen and oxygen atoms in total. The zero-order chi connectivity index (χ0) is 42.2. The molecule has 0 radical (unpaired) electrons. The molecule has 2 fully saturated rings. The number of hydrogen-bond donors (Lipinski definition) is 4. The standard InChI is InChI=1S/C18H22F2N4O4.C13H14F2N4O2.C2HF3O2/c1-18(2,3)28-17(26)24-6-4-12(5-7-24)23-15(25)13-8-14(27-16(19)20)11(9-21)10-22-13;14-13(15)21-11-5-10(18-7-8(11)6-16)12(20)19-9-1-3-17-4-2-9;3-2(4,5)1(6)7/h8,10,12,16H,4-7H2,1-3H3,(H,23,25);5,7,9,13,17H,1-4H2,(H,19,20);(H,6,7). The molecule has 23 heteroatoms. The van der Waals surface area contributed by atoms with Crippen LogP contribution in [0.5, 0.6) is 11.5 Å². The van der Waals surface area contributed by atoms with E-state index in [0.29, 0.717) is 25.9 Å². The largest absolute Gasteiger partial charge is 0.490 e. The van der Waals surface area contributed by atoms with Gasteiger partial charge in [0.05, 0.1) is 0 Å². The number of carboxylic acids is 1. The van der Waals surface area contributed by atoms with Gasteiger partial charge in [-0.05, 0) is 59.5 Å². The van der Waals surface area contributed by atoms with Crippen molar-refractivity contribution in [3.8, 4) is 23.6 Å². The lowest BCUT2D eigenvalue weighted by Crippen LogP contribution is -2.47. The summed E-state index contributed by atoms with van der Waals surface area (Å²) in [5.41, 5.74) is -1.11. The SMILES string of the molecule is CC(C)(C)OC(=O)N1CCC(NC(=O)c2cc(OC(F)F)c(C#N)cn2)CC1.N#Cc1cnc(C(=O)NC2CCNCC2)cc1OC(F)F.O=C(O)C(F)(F)F. The van der Waals surface area contributed by atoms with Crippen molar-refractivity contribution in [1.82, 2.24) is 30.8 Å². The maximum absolute atomic E-state index is 12.5. The molecule has 4 rings (SSSR count). The zero-order valence-electron chi connectivity index (χ0n) is 30.0. The maximum Gasteiger partial charge on any atom is 0.490 e. The number of ether oxygens (including phenoxy) is 3. The van der Waals surface area contributed by atoms with Crippen LogP contribution < -0.4 is 25.4 Å². The third-order valence-corrected chi connectivity index (χ3v) is 7.27. The summed E-state index contributed by atoms with van der Waals surface area (Å²) < 4.78 is 95.0. The Bertz CT molecular complexity index is 1750.